The number of aromatic nitrogens is 4. The second-order valence-corrected chi connectivity index (χ2v) is 6.10. The van der Waals surface area contributed by atoms with Crippen LogP contribution in [0.4, 0.5) is 11.6 Å². The van der Waals surface area contributed by atoms with Crippen molar-refractivity contribution in [3.8, 4) is 11.1 Å². The molecule has 3 heterocycles. The van der Waals surface area contributed by atoms with Crippen LogP contribution in [-0.2, 0) is 0 Å². The highest BCUT2D eigenvalue weighted by Crippen LogP contribution is 2.24. The summed E-state index contributed by atoms with van der Waals surface area (Å²) in [7, 11) is 3.46. The van der Waals surface area contributed by atoms with E-state index in [0.29, 0.717) is 28.7 Å². The molecule has 0 spiro atoms. The minimum Gasteiger partial charge on any atom is -0.345 e. The summed E-state index contributed by atoms with van der Waals surface area (Å²) in [4.78, 5) is 31.0. The van der Waals surface area contributed by atoms with Crippen LogP contribution in [-0.4, -0.2) is 44.8 Å². The standard InChI is InChI=1S/C19H20N6O/c1-12-16(19(26)25(3)4)9-15(11-22-12)14-5-7-21-18(10-14)24-17-6-8-20-13(2)23-17/h5-11H,1-4H3,(H,20,21,23,24). The zero-order valence-electron chi connectivity index (χ0n) is 15.2. The van der Waals surface area contributed by atoms with Gasteiger partial charge in [-0.1, -0.05) is 0 Å². The number of aryl methyl sites for hydroxylation is 2. The number of rotatable bonds is 4. The highest BCUT2D eigenvalue weighted by atomic mass is 16.2. The molecule has 3 aromatic heterocycles. The Balaban J connectivity index is 1.93. The lowest BCUT2D eigenvalue weighted by Crippen LogP contribution is -2.23. The monoisotopic (exact) mass is 348 g/mol. The smallest absolute Gasteiger partial charge is 0.255 e. The predicted molar refractivity (Wildman–Crippen MR) is 100 cm³/mol. The molecule has 7 heteroatoms. The number of amides is 1. The summed E-state index contributed by atoms with van der Waals surface area (Å²) in [5.74, 6) is 1.94. The Morgan fingerprint density at radius 1 is 0.962 bits per heavy atom. The lowest BCUT2D eigenvalue weighted by Gasteiger charge is -2.13. The van der Waals surface area contributed by atoms with E-state index >= 15 is 0 Å². The zero-order chi connectivity index (χ0) is 18.7. The first-order valence-corrected chi connectivity index (χ1v) is 8.15. The van der Waals surface area contributed by atoms with Crippen molar-refractivity contribution in [1.82, 2.24) is 24.8 Å². The van der Waals surface area contributed by atoms with Crippen LogP contribution in [0.15, 0.2) is 42.9 Å². The predicted octanol–water partition coefficient (Wildman–Crippen LogP) is 3.00. The number of carbonyl (C=O) groups is 1. The fraction of sp³-hybridized carbons (Fsp3) is 0.211. The first-order chi connectivity index (χ1) is 12.4. The van der Waals surface area contributed by atoms with E-state index in [1.807, 2.05) is 32.0 Å². The quantitative estimate of drug-likeness (QED) is 0.780. The molecule has 0 aliphatic heterocycles. The molecule has 0 aliphatic carbocycles. The van der Waals surface area contributed by atoms with Gasteiger partial charge in [0.05, 0.1) is 11.3 Å². The van der Waals surface area contributed by atoms with Gasteiger partial charge >= 0.3 is 0 Å². The summed E-state index contributed by atoms with van der Waals surface area (Å²) in [6, 6.07) is 7.42. The van der Waals surface area contributed by atoms with Gasteiger partial charge in [0.25, 0.3) is 5.91 Å². The van der Waals surface area contributed by atoms with Gasteiger partial charge in [0.1, 0.15) is 17.5 Å². The molecule has 0 unspecified atom stereocenters. The van der Waals surface area contributed by atoms with Crippen LogP contribution in [0.5, 0.6) is 0 Å². The van der Waals surface area contributed by atoms with Crippen LogP contribution < -0.4 is 5.32 Å². The van der Waals surface area contributed by atoms with Gasteiger partial charge in [0.2, 0.25) is 0 Å². The average Bonchev–Trinajstić information content (AvgIpc) is 2.62. The molecule has 132 valence electrons. The summed E-state index contributed by atoms with van der Waals surface area (Å²) < 4.78 is 0. The van der Waals surface area contributed by atoms with E-state index < -0.39 is 0 Å². The maximum Gasteiger partial charge on any atom is 0.255 e. The van der Waals surface area contributed by atoms with Crippen molar-refractivity contribution in [2.45, 2.75) is 13.8 Å². The molecule has 0 aliphatic rings. The largest absolute Gasteiger partial charge is 0.345 e. The van der Waals surface area contributed by atoms with Crippen molar-refractivity contribution in [3.63, 3.8) is 0 Å². The topological polar surface area (TPSA) is 83.9 Å². The highest BCUT2D eigenvalue weighted by Gasteiger charge is 2.14. The number of pyridine rings is 2. The number of nitrogens with zero attached hydrogens (tertiary/aromatic N) is 5. The van der Waals surface area contributed by atoms with Crippen LogP contribution >= 0.6 is 0 Å². The number of hydrogen-bond acceptors (Lipinski definition) is 6. The third-order valence-electron chi connectivity index (χ3n) is 3.85. The van der Waals surface area contributed by atoms with Crippen molar-refractivity contribution < 1.29 is 4.79 Å². The second kappa shape index (κ2) is 7.26. The molecular formula is C19H20N6O. The molecule has 0 saturated carbocycles. The van der Waals surface area contributed by atoms with Crippen molar-refractivity contribution in [3.05, 3.63) is 59.9 Å². The van der Waals surface area contributed by atoms with E-state index in [4.69, 9.17) is 0 Å². The first-order valence-electron chi connectivity index (χ1n) is 8.15. The Morgan fingerprint density at radius 2 is 1.73 bits per heavy atom. The lowest BCUT2D eigenvalue weighted by molar-refractivity contribution is 0.0826. The lowest BCUT2D eigenvalue weighted by atomic mass is 10.0. The fourth-order valence-corrected chi connectivity index (χ4v) is 2.48. The Labute approximate surface area is 152 Å². The van der Waals surface area contributed by atoms with Gasteiger partial charge in [-0.15, -0.1) is 0 Å². The van der Waals surface area contributed by atoms with Crippen molar-refractivity contribution in [2.24, 2.45) is 0 Å². The van der Waals surface area contributed by atoms with E-state index in [9.17, 15) is 4.79 Å². The molecule has 0 saturated heterocycles. The van der Waals surface area contributed by atoms with Crippen LogP contribution in [0, 0.1) is 13.8 Å². The van der Waals surface area contributed by atoms with Gasteiger partial charge in [-0.2, -0.15) is 0 Å². The molecule has 0 bridgehead atoms. The summed E-state index contributed by atoms with van der Waals surface area (Å²) in [5.41, 5.74) is 3.06. The SMILES string of the molecule is Cc1nccc(Nc2cc(-c3cnc(C)c(C(=O)N(C)C)c3)ccn2)n1. The van der Waals surface area contributed by atoms with Gasteiger partial charge < -0.3 is 10.2 Å². The third kappa shape index (κ3) is 3.83. The average molecular weight is 348 g/mol. The van der Waals surface area contributed by atoms with Crippen LogP contribution in [0.25, 0.3) is 11.1 Å². The van der Waals surface area contributed by atoms with E-state index in [1.165, 1.54) is 0 Å². The Hall–Kier alpha value is -3.35. The summed E-state index contributed by atoms with van der Waals surface area (Å²) in [6.07, 6.45) is 5.16. The molecule has 0 atom stereocenters. The van der Waals surface area contributed by atoms with Crippen LogP contribution in [0.1, 0.15) is 21.9 Å². The molecule has 0 aromatic carbocycles. The highest BCUT2D eigenvalue weighted by molar-refractivity contribution is 5.96. The van der Waals surface area contributed by atoms with Gasteiger partial charge in [-0.25, -0.2) is 15.0 Å². The third-order valence-corrected chi connectivity index (χ3v) is 3.85. The summed E-state index contributed by atoms with van der Waals surface area (Å²) in [5, 5.41) is 3.16. The number of anilines is 2. The Bertz CT molecular complexity index is 954. The minimum atomic E-state index is -0.0688. The van der Waals surface area contributed by atoms with Crippen molar-refractivity contribution in [1.29, 1.82) is 0 Å². The van der Waals surface area contributed by atoms with Crippen molar-refractivity contribution >= 4 is 17.5 Å². The van der Waals surface area contributed by atoms with Gasteiger partial charge in [-0.05, 0) is 43.7 Å². The van der Waals surface area contributed by atoms with Gasteiger partial charge in [0.15, 0.2) is 0 Å². The molecular weight excluding hydrogens is 328 g/mol. The molecule has 0 radical (unpaired) electrons. The normalized spacial score (nSPS) is 10.5. The fourth-order valence-electron chi connectivity index (χ4n) is 2.48. The van der Waals surface area contributed by atoms with E-state index in [1.54, 1.807) is 43.7 Å². The number of nitrogens with one attached hydrogen (secondary N) is 1. The van der Waals surface area contributed by atoms with Gasteiger partial charge in [-0.3, -0.25) is 9.78 Å². The van der Waals surface area contributed by atoms with Crippen LogP contribution in [0.3, 0.4) is 0 Å². The molecule has 26 heavy (non-hydrogen) atoms. The van der Waals surface area contributed by atoms with Crippen LogP contribution in [0.2, 0.25) is 0 Å². The maximum absolute atomic E-state index is 12.3. The van der Waals surface area contributed by atoms with Gasteiger partial charge in [0, 0.05) is 38.2 Å². The molecule has 1 amide bonds. The summed E-state index contributed by atoms with van der Waals surface area (Å²) >= 11 is 0. The molecule has 3 aromatic rings. The Kier molecular flexibility index (Phi) is 4.88. The number of hydrogen-bond donors (Lipinski definition) is 1. The second-order valence-electron chi connectivity index (χ2n) is 6.10. The van der Waals surface area contributed by atoms with E-state index in [-0.39, 0.29) is 5.91 Å². The first kappa shape index (κ1) is 17.5. The summed E-state index contributed by atoms with van der Waals surface area (Å²) in [6.45, 7) is 3.66. The minimum absolute atomic E-state index is 0.0688. The molecule has 7 nitrogen and oxygen atoms in total. The maximum atomic E-state index is 12.3. The molecule has 1 N–H and O–H groups in total. The van der Waals surface area contributed by atoms with E-state index in [0.717, 1.165) is 11.1 Å². The van der Waals surface area contributed by atoms with E-state index in [2.05, 4.69) is 25.3 Å². The Morgan fingerprint density at radius 3 is 2.46 bits per heavy atom. The molecule has 0 fully saturated rings. The zero-order valence-corrected chi connectivity index (χ0v) is 15.2. The van der Waals surface area contributed by atoms with Crippen molar-refractivity contribution in [2.75, 3.05) is 19.4 Å². The molecule has 3 rings (SSSR count). The number of carbonyl (C=O) groups excluding carboxylic acids is 1.